The van der Waals surface area contributed by atoms with Gasteiger partial charge < -0.3 is 15.4 Å². The van der Waals surface area contributed by atoms with E-state index in [-0.39, 0.29) is 29.3 Å². The molecule has 1 aromatic heterocycles. The van der Waals surface area contributed by atoms with Crippen molar-refractivity contribution in [2.24, 2.45) is 11.3 Å². The van der Waals surface area contributed by atoms with Gasteiger partial charge in [-0.1, -0.05) is 58.7 Å². The van der Waals surface area contributed by atoms with Crippen LogP contribution in [0.15, 0.2) is 35.7 Å². The van der Waals surface area contributed by atoms with Crippen LogP contribution < -0.4 is 15.4 Å². The van der Waals surface area contributed by atoms with Crippen molar-refractivity contribution in [1.29, 1.82) is 0 Å². The number of hydrogen-bond donors (Lipinski definition) is 2. The minimum Gasteiger partial charge on any atom is -0.486 e. The lowest BCUT2D eigenvalue weighted by atomic mass is 9.84. The van der Waals surface area contributed by atoms with E-state index in [1.165, 1.54) is 11.3 Å². The number of benzene rings is 1. The van der Waals surface area contributed by atoms with E-state index in [9.17, 15) is 9.59 Å². The predicted molar refractivity (Wildman–Crippen MR) is 132 cm³/mol. The highest BCUT2D eigenvalue weighted by molar-refractivity contribution is 7.09. The van der Waals surface area contributed by atoms with Gasteiger partial charge in [0, 0.05) is 23.9 Å². The van der Waals surface area contributed by atoms with Crippen LogP contribution in [-0.4, -0.2) is 28.9 Å². The summed E-state index contributed by atoms with van der Waals surface area (Å²) in [5, 5.41) is 8.84. The number of hydrogen-bond acceptors (Lipinski definition) is 5. The summed E-state index contributed by atoms with van der Waals surface area (Å²) < 4.78 is 5.73. The van der Waals surface area contributed by atoms with Crippen molar-refractivity contribution >= 4 is 23.2 Å². The van der Waals surface area contributed by atoms with Crippen LogP contribution in [-0.2, 0) is 11.4 Å². The summed E-state index contributed by atoms with van der Waals surface area (Å²) >= 11 is 1.42. The molecule has 33 heavy (non-hydrogen) atoms. The first-order valence-electron chi connectivity index (χ1n) is 11.9. The lowest BCUT2D eigenvalue weighted by Crippen LogP contribution is -2.53. The number of amides is 2. The molecule has 0 radical (unpaired) electrons. The Bertz CT molecular complexity index is 907. The van der Waals surface area contributed by atoms with Crippen molar-refractivity contribution in [1.82, 2.24) is 15.6 Å². The number of ether oxygens (including phenoxy) is 1. The van der Waals surface area contributed by atoms with Crippen molar-refractivity contribution in [2.75, 3.05) is 0 Å². The molecule has 3 atom stereocenters. The Morgan fingerprint density at radius 1 is 1.12 bits per heavy atom. The number of carbonyl (C=O) groups excluding carboxylic acids is 2. The van der Waals surface area contributed by atoms with Crippen LogP contribution in [0.5, 0.6) is 5.75 Å². The molecule has 1 heterocycles. The maximum Gasteiger partial charge on any atom is 0.271 e. The first-order valence-corrected chi connectivity index (χ1v) is 12.8. The molecule has 0 unspecified atom stereocenters. The first-order chi connectivity index (χ1) is 15.7. The minimum absolute atomic E-state index is 0.0310. The summed E-state index contributed by atoms with van der Waals surface area (Å²) in [4.78, 5) is 29.9. The molecule has 2 N–H and O–H groups in total. The van der Waals surface area contributed by atoms with Crippen LogP contribution in [0.1, 0.15) is 81.7 Å². The summed E-state index contributed by atoms with van der Waals surface area (Å²) in [6.07, 6.45) is 5.38. The molecule has 2 aromatic rings. The van der Waals surface area contributed by atoms with E-state index in [1.54, 1.807) is 5.38 Å². The SMILES string of the molecule is C[C@H](CC(=O)N[C@H]1CCCC[C@@H]1NC(=O)c1csc(COc2ccccc2)n1)CC(C)(C)C. The number of nitrogens with one attached hydrogen (secondary N) is 2. The van der Waals surface area contributed by atoms with Gasteiger partial charge >= 0.3 is 0 Å². The van der Waals surface area contributed by atoms with Gasteiger partial charge in [-0.2, -0.15) is 0 Å². The van der Waals surface area contributed by atoms with Gasteiger partial charge in [-0.15, -0.1) is 11.3 Å². The fraction of sp³-hybridized carbons (Fsp3) is 0.577. The van der Waals surface area contributed by atoms with Crippen LogP contribution in [0, 0.1) is 11.3 Å². The quantitative estimate of drug-likeness (QED) is 0.517. The van der Waals surface area contributed by atoms with Crippen molar-refractivity contribution in [3.63, 3.8) is 0 Å². The molecule has 3 rings (SSSR count). The summed E-state index contributed by atoms with van der Waals surface area (Å²) in [7, 11) is 0. The number of aromatic nitrogens is 1. The molecule has 1 saturated carbocycles. The topological polar surface area (TPSA) is 80.3 Å². The molecule has 2 amide bonds. The third-order valence-corrected chi connectivity index (χ3v) is 6.64. The van der Waals surface area contributed by atoms with Gasteiger partial charge in [0.25, 0.3) is 5.91 Å². The van der Waals surface area contributed by atoms with Crippen LogP contribution >= 0.6 is 11.3 Å². The minimum atomic E-state index is -0.190. The maximum absolute atomic E-state index is 12.8. The van der Waals surface area contributed by atoms with Crippen LogP contribution in [0.2, 0.25) is 0 Å². The maximum atomic E-state index is 12.8. The average Bonchev–Trinajstić information content (AvgIpc) is 3.22. The second kappa shape index (κ2) is 11.6. The van der Waals surface area contributed by atoms with Gasteiger partial charge in [-0.25, -0.2) is 4.98 Å². The van der Waals surface area contributed by atoms with E-state index < -0.39 is 0 Å². The van der Waals surface area contributed by atoms with Gasteiger partial charge in [0.1, 0.15) is 23.1 Å². The summed E-state index contributed by atoms with van der Waals surface area (Å²) in [5.74, 6) is 0.987. The smallest absolute Gasteiger partial charge is 0.271 e. The average molecular weight is 472 g/mol. The zero-order valence-electron chi connectivity index (χ0n) is 20.2. The van der Waals surface area contributed by atoms with Crippen molar-refractivity contribution < 1.29 is 14.3 Å². The summed E-state index contributed by atoms with van der Waals surface area (Å²) in [5.41, 5.74) is 0.612. The van der Waals surface area contributed by atoms with E-state index in [0.717, 1.165) is 42.9 Å². The van der Waals surface area contributed by atoms with E-state index in [2.05, 4.69) is 43.3 Å². The zero-order valence-corrected chi connectivity index (χ0v) is 21.0. The number of nitrogens with zero attached hydrogens (tertiary/aromatic N) is 1. The van der Waals surface area contributed by atoms with Crippen molar-refractivity contribution in [3.05, 3.63) is 46.4 Å². The first kappa shape index (κ1) is 25.2. The molecule has 7 heteroatoms. The van der Waals surface area contributed by atoms with Crippen molar-refractivity contribution in [3.8, 4) is 5.75 Å². The number of rotatable bonds is 9. The molecule has 1 fully saturated rings. The molecular weight excluding hydrogens is 434 g/mol. The van der Waals surface area contributed by atoms with E-state index >= 15 is 0 Å². The van der Waals surface area contributed by atoms with Crippen LogP contribution in [0.25, 0.3) is 0 Å². The molecule has 180 valence electrons. The van der Waals surface area contributed by atoms with Gasteiger partial charge in [-0.3, -0.25) is 9.59 Å². The Morgan fingerprint density at radius 3 is 2.45 bits per heavy atom. The van der Waals surface area contributed by atoms with Gasteiger partial charge in [0.15, 0.2) is 0 Å². The molecule has 0 spiro atoms. The van der Waals surface area contributed by atoms with Crippen molar-refractivity contribution in [2.45, 2.75) is 84.9 Å². The number of para-hydroxylation sites is 1. The molecule has 0 saturated heterocycles. The zero-order chi connectivity index (χ0) is 23.8. The monoisotopic (exact) mass is 471 g/mol. The highest BCUT2D eigenvalue weighted by atomic mass is 32.1. The van der Waals surface area contributed by atoms with Crippen LogP contribution in [0.3, 0.4) is 0 Å². The highest BCUT2D eigenvalue weighted by Gasteiger charge is 2.29. The predicted octanol–water partition coefficient (Wildman–Crippen LogP) is 5.34. The molecule has 1 aliphatic carbocycles. The Balaban J connectivity index is 1.51. The molecule has 0 bridgehead atoms. The van der Waals surface area contributed by atoms with Crippen LogP contribution in [0.4, 0.5) is 0 Å². The lowest BCUT2D eigenvalue weighted by Gasteiger charge is -2.33. The third-order valence-electron chi connectivity index (χ3n) is 5.81. The molecule has 6 nitrogen and oxygen atoms in total. The third kappa shape index (κ3) is 8.46. The largest absolute Gasteiger partial charge is 0.486 e. The Kier molecular flexibility index (Phi) is 8.89. The summed E-state index contributed by atoms with van der Waals surface area (Å²) in [6.45, 7) is 9.06. The number of thiazole rings is 1. The highest BCUT2D eigenvalue weighted by Crippen LogP contribution is 2.26. The Morgan fingerprint density at radius 2 is 1.79 bits per heavy atom. The molecular formula is C26H37N3O3S. The van der Waals surface area contributed by atoms with E-state index in [1.807, 2.05) is 30.3 Å². The second-order valence-electron chi connectivity index (χ2n) is 10.3. The Hall–Kier alpha value is -2.41. The fourth-order valence-electron chi connectivity index (χ4n) is 4.56. The fourth-order valence-corrected chi connectivity index (χ4v) is 5.25. The lowest BCUT2D eigenvalue weighted by molar-refractivity contribution is -0.123. The van der Waals surface area contributed by atoms with Gasteiger partial charge in [0.2, 0.25) is 5.91 Å². The normalized spacial score (nSPS) is 19.5. The second-order valence-corrected chi connectivity index (χ2v) is 11.3. The standard InChI is InChI=1S/C26H37N3O3S/c1-18(15-26(2,3)4)14-23(30)27-20-12-8-9-13-21(20)29-25(31)22-17-33-24(28-22)16-32-19-10-6-5-7-11-19/h5-7,10-11,17-18,20-21H,8-9,12-16H2,1-4H3,(H,27,30)(H,29,31)/t18-,20+,21+/m1/s1. The molecule has 1 aromatic carbocycles. The van der Waals surface area contributed by atoms with Gasteiger partial charge in [-0.05, 0) is 42.7 Å². The van der Waals surface area contributed by atoms with E-state index in [4.69, 9.17) is 4.74 Å². The van der Waals surface area contributed by atoms with Gasteiger partial charge in [0.05, 0.1) is 0 Å². The van der Waals surface area contributed by atoms with E-state index in [0.29, 0.717) is 24.6 Å². The molecule has 0 aliphatic heterocycles. The molecule has 1 aliphatic rings. The Labute approximate surface area is 201 Å². The number of carbonyl (C=O) groups is 2. The summed E-state index contributed by atoms with van der Waals surface area (Å²) in [6, 6.07) is 9.45.